The third-order valence-corrected chi connectivity index (χ3v) is 1.56. The van der Waals surface area contributed by atoms with Crippen LogP contribution in [0.25, 0.3) is 0 Å². The van der Waals surface area contributed by atoms with Crippen LogP contribution in [0, 0.1) is 5.92 Å². The molecule has 13 heavy (non-hydrogen) atoms. The number of carboxylic acids is 1. The molecule has 0 bridgehead atoms. The molecule has 5 heteroatoms. The summed E-state index contributed by atoms with van der Waals surface area (Å²) in [6.45, 7) is 3.28. The molecule has 2 N–H and O–H groups in total. The summed E-state index contributed by atoms with van der Waals surface area (Å²) in [5, 5.41) is 17.6. The van der Waals surface area contributed by atoms with Gasteiger partial charge in [0.25, 0.3) is 0 Å². The van der Waals surface area contributed by atoms with Crippen LogP contribution in [0.2, 0.25) is 0 Å². The Hall–Kier alpha value is -1.10. The first-order valence-corrected chi connectivity index (χ1v) is 4.05. The zero-order valence-corrected chi connectivity index (χ0v) is 7.69. The van der Waals surface area contributed by atoms with E-state index in [1.807, 2.05) is 0 Å². The Balaban J connectivity index is 4.00. The van der Waals surface area contributed by atoms with E-state index in [0.717, 1.165) is 0 Å². The van der Waals surface area contributed by atoms with Gasteiger partial charge in [-0.05, 0) is 6.92 Å². The first kappa shape index (κ1) is 11.9. The van der Waals surface area contributed by atoms with Crippen molar-refractivity contribution in [2.75, 3.05) is 6.61 Å². The number of aliphatic hydroxyl groups is 1. The van der Waals surface area contributed by atoms with E-state index < -0.39 is 24.0 Å². The monoisotopic (exact) mass is 190 g/mol. The third kappa shape index (κ3) is 4.47. The molecule has 0 aromatic heterocycles. The molecule has 0 aliphatic rings. The zero-order chi connectivity index (χ0) is 10.4. The van der Waals surface area contributed by atoms with Gasteiger partial charge in [-0.15, -0.1) is 0 Å². The number of carbonyl (C=O) groups is 2. The highest BCUT2D eigenvalue weighted by molar-refractivity contribution is 5.76. The van der Waals surface area contributed by atoms with Crippen LogP contribution >= 0.6 is 0 Å². The number of rotatable bonds is 5. The second-order valence-corrected chi connectivity index (χ2v) is 2.77. The number of esters is 1. The van der Waals surface area contributed by atoms with Crippen molar-refractivity contribution in [2.24, 2.45) is 5.92 Å². The van der Waals surface area contributed by atoms with Gasteiger partial charge in [0.15, 0.2) is 6.10 Å². The highest BCUT2D eigenvalue weighted by Crippen LogP contribution is 2.09. The van der Waals surface area contributed by atoms with Crippen molar-refractivity contribution in [2.45, 2.75) is 26.4 Å². The normalized spacial score (nSPS) is 14.7. The average molecular weight is 190 g/mol. The van der Waals surface area contributed by atoms with Crippen LogP contribution in [0.3, 0.4) is 0 Å². The van der Waals surface area contributed by atoms with Gasteiger partial charge in [0.05, 0.1) is 13.0 Å². The van der Waals surface area contributed by atoms with Gasteiger partial charge in [0, 0.05) is 5.92 Å². The lowest BCUT2D eigenvalue weighted by Gasteiger charge is -2.14. The first-order valence-electron chi connectivity index (χ1n) is 4.05. The lowest BCUT2D eigenvalue weighted by Crippen LogP contribution is -2.31. The maximum atomic E-state index is 10.9. The topological polar surface area (TPSA) is 83.8 Å². The Labute approximate surface area is 76.3 Å². The Morgan fingerprint density at radius 2 is 2.00 bits per heavy atom. The largest absolute Gasteiger partial charge is 0.481 e. The number of ether oxygens (including phenoxy) is 1. The quantitative estimate of drug-likeness (QED) is 0.597. The maximum absolute atomic E-state index is 10.9. The molecular weight excluding hydrogens is 176 g/mol. The molecule has 76 valence electrons. The van der Waals surface area contributed by atoms with Crippen LogP contribution in [0.4, 0.5) is 0 Å². The van der Waals surface area contributed by atoms with Crippen molar-refractivity contribution in [3.63, 3.8) is 0 Å². The van der Waals surface area contributed by atoms with Crippen molar-refractivity contribution < 1.29 is 24.5 Å². The number of carboxylic acid groups (broad SMARTS) is 1. The van der Waals surface area contributed by atoms with E-state index in [4.69, 9.17) is 5.11 Å². The molecule has 0 fully saturated rings. The van der Waals surface area contributed by atoms with Crippen LogP contribution < -0.4 is 0 Å². The van der Waals surface area contributed by atoms with E-state index in [9.17, 15) is 14.7 Å². The average Bonchev–Trinajstić information content (AvgIpc) is 2.02. The Kier molecular flexibility index (Phi) is 5.06. The van der Waals surface area contributed by atoms with Crippen molar-refractivity contribution in [1.29, 1.82) is 0 Å². The summed E-state index contributed by atoms with van der Waals surface area (Å²) in [7, 11) is 0. The SMILES string of the molecule is CCOC(=O)C(O)C(C)CC(=O)O. The van der Waals surface area contributed by atoms with E-state index >= 15 is 0 Å². The van der Waals surface area contributed by atoms with Crippen LogP contribution in [0.15, 0.2) is 0 Å². The van der Waals surface area contributed by atoms with E-state index in [1.165, 1.54) is 6.92 Å². The minimum absolute atomic E-state index is 0.176. The van der Waals surface area contributed by atoms with Gasteiger partial charge in [0.2, 0.25) is 0 Å². The van der Waals surface area contributed by atoms with Gasteiger partial charge < -0.3 is 14.9 Å². The molecule has 0 radical (unpaired) electrons. The van der Waals surface area contributed by atoms with E-state index in [-0.39, 0.29) is 13.0 Å². The predicted molar refractivity (Wildman–Crippen MR) is 44.1 cm³/mol. The number of aliphatic carboxylic acids is 1. The Morgan fingerprint density at radius 1 is 1.46 bits per heavy atom. The zero-order valence-electron chi connectivity index (χ0n) is 7.69. The lowest BCUT2D eigenvalue weighted by molar-refractivity contribution is -0.156. The Morgan fingerprint density at radius 3 is 2.38 bits per heavy atom. The highest BCUT2D eigenvalue weighted by Gasteiger charge is 2.25. The molecular formula is C8H14O5. The molecule has 5 nitrogen and oxygen atoms in total. The number of carbonyl (C=O) groups excluding carboxylic acids is 1. The fourth-order valence-corrected chi connectivity index (χ4v) is 0.847. The van der Waals surface area contributed by atoms with E-state index in [0.29, 0.717) is 0 Å². The van der Waals surface area contributed by atoms with Gasteiger partial charge in [0.1, 0.15) is 0 Å². The molecule has 0 spiro atoms. The van der Waals surface area contributed by atoms with E-state index in [1.54, 1.807) is 6.92 Å². The van der Waals surface area contributed by atoms with Crippen molar-refractivity contribution in [3.05, 3.63) is 0 Å². The van der Waals surface area contributed by atoms with Crippen LogP contribution in [0.5, 0.6) is 0 Å². The van der Waals surface area contributed by atoms with Crippen molar-refractivity contribution >= 4 is 11.9 Å². The minimum Gasteiger partial charge on any atom is -0.481 e. The lowest BCUT2D eigenvalue weighted by atomic mass is 10.0. The van der Waals surface area contributed by atoms with Gasteiger partial charge in [-0.1, -0.05) is 6.92 Å². The summed E-state index contributed by atoms with van der Waals surface area (Å²) in [5.74, 6) is -2.44. The fraction of sp³-hybridized carbons (Fsp3) is 0.750. The van der Waals surface area contributed by atoms with Crippen LogP contribution in [0.1, 0.15) is 20.3 Å². The minimum atomic E-state index is -1.35. The molecule has 0 aliphatic heterocycles. The van der Waals surface area contributed by atoms with Crippen molar-refractivity contribution in [1.82, 2.24) is 0 Å². The number of aliphatic hydroxyl groups excluding tert-OH is 1. The predicted octanol–water partition coefficient (Wildman–Crippen LogP) is 0.0212. The first-order chi connectivity index (χ1) is 5.99. The summed E-state index contributed by atoms with van der Waals surface area (Å²) in [4.78, 5) is 21.1. The standard InChI is InChI=1S/C8H14O5/c1-3-13-8(12)7(11)5(2)4-6(9)10/h5,7,11H,3-4H2,1-2H3,(H,9,10). The van der Waals surface area contributed by atoms with Crippen LogP contribution in [-0.4, -0.2) is 34.9 Å². The van der Waals surface area contributed by atoms with Gasteiger partial charge in [-0.2, -0.15) is 0 Å². The summed E-state index contributed by atoms with van der Waals surface area (Å²) in [6, 6.07) is 0. The molecule has 2 unspecified atom stereocenters. The Bertz CT molecular complexity index is 189. The van der Waals surface area contributed by atoms with Gasteiger partial charge in [-0.3, -0.25) is 4.79 Å². The second kappa shape index (κ2) is 5.53. The molecule has 0 rings (SSSR count). The third-order valence-electron chi connectivity index (χ3n) is 1.56. The molecule has 0 heterocycles. The van der Waals surface area contributed by atoms with Crippen LogP contribution in [-0.2, 0) is 14.3 Å². The summed E-state index contributed by atoms with van der Waals surface area (Å²) < 4.78 is 4.52. The van der Waals surface area contributed by atoms with Gasteiger partial charge >= 0.3 is 11.9 Å². The molecule has 0 aromatic rings. The molecule has 2 atom stereocenters. The molecule has 0 saturated heterocycles. The maximum Gasteiger partial charge on any atom is 0.335 e. The van der Waals surface area contributed by atoms with E-state index in [2.05, 4.69) is 4.74 Å². The second-order valence-electron chi connectivity index (χ2n) is 2.77. The molecule has 0 aromatic carbocycles. The summed E-state index contributed by atoms with van der Waals surface area (Å²) >= 11 is 0. The smallest absolute Gasteiger partial charge is 0.335 e. The summed E-state index contributed by atoms with van der Waals surface area (Å²) in [6.07, 6.45) is -1.60. The number of hydrogen-bond donors (Lipinski definition) is 2. The molecule has 0 saturated carbocycles. The van der Waals surface area contributed by atoms with Gasteiger partial charge in [-0.25, -0.2) is 4.79 Å². The number of hydrogen-bond acceptors (Lipinski definition) is 4. The molecule has 0 amide bonds. The molecule has 0 aliphatic carbocycles. The van der Waals surface area contributed by atoms with Crippen molar-refractivity contribution in [3.8, 4) is 0 Å². The highest BCUT2D eigenvalue weighted by atomic mass is 16.5. The fourth-order valence-electron chi connectivity index (χ4n) is 0.847. The summed E-state index contributed by atoms with van der Waals surface area (Å²) in [5.41, 5.74) is 0.